The van der Waals surface area contributed by atoms with Gasteiger partial charge in [-0.3, -0.25) is 4.21 Å². The molecule has 2 aromatic rings. The van der Waals surface area contributed by atoms with Gasteiger partial charge in [-0.25, -0.2) is 0 Å². The predicted octanol–water partition coefficient (Wildman–Crippen LogP) is 3.11. The van der Waals surface area contributed by atoms with Crippen LogP contribution in [0.4, 0.5) is 5.69 Å². The summed E-state index contributed by atoms with van der Waals surface area (Å²) in [7, 11) is 0.231. The second-order valence-corrected chi connectivity index (χ2v) is 6.17. The van der Waals surface area contributed by atoms with Crippen LogP contribution in [0.2, 0.25) is 5.02 Å². The first-order chi connectivity index (χ1) is 10.0. The van der Waals surface area contributed by atoms with Crippen LogP contribution in [0.25, 0.3) is 0 Å². The minimum absolute atomic E-state index is 0.235. The molecule has 0 spiro atoms. The molecule has 2 aromatic carbocycles. The third-order valence-electron chi connectivity index (χ3n) is 2.93. The SMILES string of the molecule is COc1ccc(C#N)cc1CS(=O)c1ccc(N)c(Cl)c1. The predicted molar refractivity (Wildman–Crippen MR) is 83.7 cm³/mol. The Hall–Kier alpha value is -2.03. The Morgan fingerprint density at radius 1 is 1.33 bits per heavy atom. The molecule has 0 aliphatic rings. The van der Waals surface area contributed by atoms with Gasteiger partial charge in [0.1, 0.15) is 5.75 Å². The summed E-state index contributed by atoms with van der Waals surface area (Å²) < 4.78 is 17.7. The molecule has 0 bridgehead atoms. The van der Waals surface area contributed by atoms with Gasteiger partial charge >= 0.3 is 0 Å². The van der Waals surface area contributed by atoms with E-state index in [1.807, 2.05) is 0 Å². The second-order valence-electron chi connectivity index (χ2n) is 4.31. The number of hydrogen-bond donors (Lipinski definition) is 1. The first kappa shape index (κ1) is 15.4. The largest absolute Gasteiger partial charge is 0.496 e. The average molecular weight is 321 g/mol. The lowest BCUT2D eigenvalue weighted by atomic mass is 10.1. The molecule has 0 aliphatic heterocycles. The second kappa shape index (κ2) is 6.61. The van der Waals surface area contributed by atoms with E-state index in [0.717, 1.165) is 0 Å². The third-order valence-corrected chi connectivity index (χ3v) is 4.61. The summed E-state index contributed by atoms with van der Waals surface area (Å²) in [4.78, 5) is 0.582. The average Bonchev–Trinajstić information content (AvgIpc) is 2.49. The Balaban J connectivity index is 2.30. The van der Waals surface area contributed by atoms with Crippen molar-refractivity contribution in [1.29, 1.82) is 5.26 Å². The van der Waals surface area contributed by atoms with Gasteiger partial charge in [-0.15, -0.1) is 0 Å². The fourth-order valence-corrected chi connectivity index (χ4v) is 3.22. The van der Waals surface area contributed by atoms with E-state index in [2.05, 4.69) is 6.07 Å². The molecule has 6 heteroatoms. The number of nitriles is 1. The van der Waals surface area contributed by atoms with Crippen molar-refractivity contribution in [3.05, 3.63) is 52.5 Å². The molecule has 21 heavy (non-hydrogen) atoms. The van der Waals surface area contributed by atoms with Crippen molar-refractivity contribution in [2.24, 2.45) is 0 Å². The lowest BCUT2D eigenvalue weighted by molar-refractivity contribution is 0.411. The molecule has 1 atom stereocenters. The Morgan fingerprint density at radius 3 is 2.71 bits per heavy atom. The van der Waals surface area contributed by atoms with E-state index in [1.165, 1.54) is 7.11 Å². The summed E-state index contributed by atoms with van der Waals surface area (Å²) in [6.07, 6.45) is 0. The van der Waals surface area contributed by atoms with Crippen molar-refractivity contribution >= 4 is 28.1 Å². The minimum Gasteiger partial charge on any atom is -0.496 e. The van der Waals surface area contributed by atoms with E-state index in [9.17, 15) is 4.21 Å². The molecule has 0 saturated heterocycles. The molecule has 0 amide bonds. The van der Waals surface area contributed by atoms with E-state index < -0.39 is 10.8 Å². The van der Waals surface area contributed by atoms with E-state index >= 15 is 0 Å². The lowest BCUT2D eigenvalue weighted by Crippen LogP contribution is -2.00. The number of anilines is 1. The van der Waals surface area contributed by atoms with Crippen LogP contribution in [0, 0.1) is 11.3 Å². The molecule has 4 nitrogen and oxygen atoms in total. The van der Waals surface area contributed by atoms with Crippen LogP contribution >= 0.6 is 11.6 Å². The van der Waals surface area contributed by atoms with Crippen LogP contribution in [0.3, 0.4) is 0 Å². The van der Waals surface area contributed by atoms with Crippen LogP contribution < -0.4 is 10.5 Å². The standard InChI is InChI=1S/C15H13ClN2O2S/c1-20-15-5-2-10(8-17)6-11(15)9-21(19)12-3-4-14(18)13(16)7-12/h2-7H,9,18H2,1H3. The highest BCUT2D eigenvalue weighted by Crippen LogP contribution is 2.26. The summed E-state index contributed by atoms with van der Waals surface area (Å²) >= 11 is 5.94. The zero-order chi connectivity index (χ0) is 15.4. The van der Waals surface area contributed by atoms with Crippen LogP contribution in [-0.4, -0.2) is 11.3 Å². The fourth-order valence-electron chi connectivity index (χ4n) is 1.83. The lowest BCUT2D eigenvalue weighted by Gasteiger charge is -2.09. The van der Waals surface area contributed by atoms with Crippen LogP contribution in [0.5, 0.6) is 5.75 Å². The maximum absolute atomic E-state index is 12.4. The van der Waals surface area contributed by atoms with Crippen molar-refractivity contribution in [2.75, 3.05) is 12.8 Å². The summed E-state index contributed by atoms with van der Waals surface area (Å²) in [5, 5.41) is 9.32. The normalized spacial score (nSPS) is 11.7. The maximum Gasteiger partial charge on any atom is 0.123 e. The topological polar surface area (TPSA) is 76.1 Å². The van der Waals surface area contributed by atoms with Crippen molar-refractivity contribution < 1.29 is 8.95 Å². The third kappa shape index (κ3) is 3.54. The van der Waals surface area contributed by atoms with Gasteiger partial charge in [-0.1, -0.05) is 11.6 Å². The summed E-state index contributed by atoms with van der Waals surface area (Å²) in [6.45, 7) is 0. The monoisotopic (exact) mass is 320 g/mol. The van der Waals surface area contributed by atoms with E-state index in [1.54, 1.807) is 36.4 Å². The molecule has 2 N–H and O–H groups in total. The number of ether oxygens (including phenoxy) is 1. The Kier molecular flexibility index (Phi) is 4.84. The molecule has 0 heterocycles. The molecule has 0 radical (unpaired) electrons. The van der Waals surface area contributed by atoms with Crippen molar-refractivity contribution in [3.8, 4) is 11.8 Å². The molecule has 0 aliphatic carbocycles. The molecular weight excluding hydrogens is 308 g/mol. The minimum atomic E-state index is -1.30. The van der Waals surface area contributed by atoms with Gasteiger partial charge in [-0.05, 0) is 36.4 Å². The Bertz CT molecular complexity index is 741. The molecule has 0 aromatic heterocycles. The number of nitrogens with two attached hydrogens (primary N) is 1. The first-order valence-corrected chi connectivity index (χ1v) is 7.75. The van der Waals surface area contributed by atoms with Gasteiger partial charge in [0.2, 0.25) is 0 Å². The highest BCUT2D eigenvalue weighted by Gasteiger charge is 2.12. The fraction of sp³-hybridized carbons (Fsp3) is 0.133. The van der Waals surface area contributed by atoms with Gasteiger partial charge < -0.3 is 10.5 Å². The first-order valence-electron chi connectivity index (χ1n) is 6.05. The van der Waals surface area contributed by atoms with Crippen LogP contribution in [0.15, 0.2) is 41.3 Å². The number of halogens is 1. The summed E-state index contributed by atoms with van der Waals surface area (Å²) in [6, 6.07) is 12.0. The number of hydrogen-bond acceptors (Lipinski definition) is 4. The van der Waals surface area contributed by atoms with Crippen LogP contribution in [0.1, 0.15) is 11.1 Å². The van der Waals surface area contributed by atoms with Gasteiger partial charge in [0.05, 0.1) is 46.0 Å². The van der Waals surface area contributed by atoms with Crippen molar-refractivity contribution in [3.63, 3.8) is 0 Å². The number of rotatable bonds is 4. The van der Waals surface area contributed by atoms with Gasteiger partial charge in [-0.2, -0.15) is 5.26 Å². The van der Waals surface area contributed by atoms with Gasteiger partial charge in [0.15, 0.2) is 0 Å². The Labute approximate surface area is 130 Å². The highest BCUT2D eigenvalue weighted by atomic mass is 35.5. The number of methoxy groups -OCH3 is 1. The van der Waals surface area contributed by atoms with E-state index in [0.29, 0.717) is 32.5 Å². The van der Waals surface area contributed by atoms with Crippen LogP contribution in [-0.2, 0) is 16.6 Å². The Morgan fingerprint density at radius 2 is 2.10 bits per heavy atom. The quantitative estimate of drug-likeness (QED) is 0.878. The molecule has 108 valence electrons. The van der Waals surface area contributed by atoms with Crippen molar-refractivity contribution in [1.82, 2.24) is 0 Å². The number of nitrogen functional groups attached to an aromatic ring is 1. The van der Waals surface area contributed by atoms with E-state index in [4.69, 9.17) is 27.3 Å². The molecule has 1 unspecified atom stereocenters. The zero-order valence-electron chi connectivity index (χ0n) is 11.3. The maximum atomic E-state index is 12.4. The van der Waals surface area contributed by atoms with Gasteiger partial charge in [0, 0.05) is 10.5 Å². The molecule has 0 fully saturated rings. The molecular formula is C15H13ClN2O2S. The zero-order valence-corrected chi connectivity index (χ0v) is 12.9. The van der Waals surface area contributed by atoms with Gasteiger partial charge in [0.25, 0.3) is 0 Å². The number of benzene rings is 2. The molecule has 2 rings (SSSR count). The smallest absolute Gasteiger partial charge is 0.123 e. The summed E-state index contributed by atoms with van der Waals surface area (Å²) in [5.41, 5.74) is 7.29. The summed E-state index contributed by atoms with van der Waals surface area (Å²) in [5.74, 6) is 0.836. The van der Waals surface area contributed by atoms with Crippen molar-refractivity contribution in [2.45, 2.75) is 10.6 Å². The number of nitrogens with zero attached hydrogens (tertiary/aromatic N) is 1. The van der Waals surface area contributed by atoms with E-state index in [-0.39, 0.29) is 5.75 Å². The molecule has 0 saturated carbocycles. The highest BCUT2D eigenvalue weighted by molar-refractivity contribution is 7.84.